The molecular weight excluding hydrogens is 380 g/mol. The van der Waals surface area contributed by atoms with Gasteiger partial charge in [0.05, 0.1) is 28.3 Å². The summed E-state index contributed by atoms with van der Waals surface area (Å²) < 4.78 is 18.1. The van der Waals surface area contributed by atoms with E-state index in [2.05, 4.69) is 31.9 Å². The number of benzene rings is 1. The maximum Gasteiger partial charge on any atom is 0.148 e. The van der Waals surface area contributed by atoms with Gasteiger partial charge in [-0.1, -0.05) is 6.07 Å². The van der Waals surface area contributed by atoms with Crippen molar-refractivity contribution >= 4 is 31.9 Å². The number of aliphatic hydroxyl groups is 1. The van der Waals surface area contributed by atoms with Gasteiger partial charge in [-0.25, -0.2) is 0 Å². The molecular formula is C13H16Br2O4. The summed E-state index contributed by atoms with van der Waals surface area (Å²) in [7, 11) is 1.62. The van der Waals surface area contributed by atoms with Crippen molar-refractivity contribution in [2.75, 3.05) is 20.3 Å². The highest BCUT2D eigenvalue weighted by Crippen LogP contribution is 2.37. The van der Waals surface area contributed by atoms with E-state index in [-0.39, 0.29) is 12.2 Å². The van der Waals surface area contributed by atoms with Gasteiger partial charge >= 0.3 is 0 Å². The Balaban J connectivity index is 1.95. The lowest BCUT2D eigenvalue weighted by Crippen LogP contribution is -2.55. The Hall–Kier alpha value is -0.140. The molecule has 2 rings (SSSR count). The number of hydrogen-bond acceptors (Lipinski definition) is 4. The molecule has 0 amide bonds. The summed E-state index contributed by atoms with van der Waals surface area (Å²) in [5.74, 6) is 0.736. The first-order valence-electron chi connectivity index (χ1n) is 6.02. The number of aliphatic hydroxyl groups excluding tert-OH is 1. The lowest BCUT2D eigenvalue weighted by atomic mass is 9.88. The Bertz CT molecular complexity index is 407. The summed E-state index contributed by atoms with van der Waals surface area (Å²) in [6.07, 6.45) is -0.329. The van der Waals surface area contributed by atoms with Gasteiger partial charge in [0, 0.05) is 13.5 Å². The van der Waals surface area contributed by atoms with Crippen molar-refractivity contribution in [2.24, 2.45) is 0 Å². The van der Waals surface area contributed by atoms with Crippen LogP contribution in [0.2, 0.25) is 0 Å². The van der Waals surface area contributed by atoms with E-state index in [4.69, 9.17) is 14.2 Å². The molecule has 106 valence electrons. The molecule has 1 N–H and O–H groups in total. The van der Waals surface area contributed by atoms with Crippen LogP contribution in [0.25, 0.3) is 0 Å². The molecule has 0 aliphatic heterocycles. The van der Waals surface area contributed by atoms with E-state index < -0.39 is 6.10 Å². The first kappa shape index (κ1) is 15.3. The lowest BCUT2D eigenvalue weighted by molar-refractivity contribution is -0.167. The normalized spacial score (nSPS) is 26.0. The van der Waals surface area contributed by atoms with Crippen LogP contribution in [0.4, 0.5) is 0 Å². The van der Waals surface area contributed by atoms with Crippen LogP contribution in [0.5, 0.6) is 5.75 Å². The van der Waals surface area contributed by atoms with Crippen LogP contribution in [0, 0.1) is 0 Å². The standard InChI is InChI=1S/C13H16Br2O4/c1-17-5-6-18-13-10(16)7-11(13)19-12-8(14)3-2-4-9(12)15/h2-4,10-11,13,16H,5-7H2,1H3. The fourth-order valence-electron chi connectivity index (χ4n) is 1.91. The molecule has 0 heterocycles. The molecule has 3 unspecified atom stereocenters. The van der Waals surface area contributed by atoms with Crippen molar-refractivity contribution in [1.29, 1.82) is 0 Å². The van der Waals surface area contributed by atoms with Gasteiger partial charge in [0.1, 0.15) is 18.0 Å². The van der Waals surface area contributed by atoms with E-state index in [1.807, 2.05) is 18.2 Å². The van der Waals surface area contributed by atoms with Crippen molar-refractivity contribution < 1.29 is 19.3 Å². The summed E-state index contributed by atoms with van der Waals surface area (Å²) >= 11 is 6.90. The van der Waals surface area contributed by atoms with Gasteiger partial charge in [-0.2, -0.15) is 0 Å². The zero-order valence-electron chi connectivity index (χ0n) is 10.5. The quantitative estimate of drug-likeness (QED) is 0.752. The highest BCUT2D eigenvalue weighted by Gasteiger charge is 2.43. The van der Waals surface area contributed by atoms with E-state index in [9.17, 15) is 5.11 Å². The minimum atomic E-state index is -0.469. The van der Waals surface area contributed by atoms with E-state index >= 15 is 0 Å². The molecule has 1 aliphatic carbocycles. The van der Waals surface area contributed by atoms with Crippen molar-refractivity contribution in [3.63, 3.8) is 0 Å². The zero-order valence-corrected chi connectivity index (χ0v) is 13.7. The average molecular weight is 396 g/mol. The Labute approximate surface area is 129 Å². The van der Waals surface area contributed by atoms with Crippen LogP contribution < -0.4 is 4.74 Å². The van der Waals surface area contributed by atoms with Gasteiger partial charge < -0.3 is 19.3 Å². The second-order valence-corrected chi connectivity index (χ2v) is 6.05. The maximum atomic E-state index is 9.72. The Morgan fingerprint density at radius 1 is 1.26 bits per heavy atom. The molecule has 0 saturated heterocycles. The average Bonchev–Trinajstić information content (AvgIpc) is 2.37. The van der Waals surface area contributed by atoms with E-state index in [1.54, 1.807) is 7.11 Å². The smallest absolute Gasteiger partial charge is 0.148 e. The molecule has 4 nitrogen and oxygen atoms in total. The van der Waals surface area contributed by atoms with Crippen LogP contribution >= 0.6 is 31.9 Å². The summed E-state index contributed by atoms with van der Waals surface area (Å²) in [5, 5.41) is 9.72. The van der Waals surface area contributed by atoms with Gasteiger partial charge in [0.2, 0.25) is 0 Å². The van der Waals surface area contributed by atoms with Crippen molar-refractivity contribution in [3.8, 4) is 5.75 Å². The molecule has 19 heavy (non-hydrogen) atoms. The molecule has 0 spiro atoms. The van der Waals surface area contributed by atoms with E-state index in [1.165, 1.54) is 0 Å². The molecule has 1 fully saturated rings. The van der Waals surface area contributed by atoms with Crippen LogP contribution in [0.1, 0.15) is 6.42 Å². The van der Waals surface area contributed by atoms with Gasteiger partial charge in [-0.15, -0.1) is 0 Å². The molecule has 0 aromatic heterocycles. The summed E-state index contributed by atoms with van der Waals surface area (Å²) in [4.78, 5) is 0. The van der Waals surface area contributed by atoms with Crippen molar-refractivity contribution in [2.45, 2.75) is 24.7 Å². The molecule has 1 aliphatic rings. The number of hydrogen-bond donors (Lipinski definition) is 1. The molecule has 0 radical (unpaired) electrons. The lowest BCUT2D eigenvalue weighted by Gasteiger charge is -2.41. The number of ether oxygens (including phenoxy) is 3. The van der Waals surface area contributed by atoms with Gasteiger partial charge in [0.25, 0.3) is 0 Å². The first-order valence-corrected chi connectivity index (χ1v) is 7.61. The molecule has 6 heteroatoms. The second-order valence-electron chi connectivity index (χ2n) is 4.34. The highest BCUT2D eigenvalue weighted by atomic mass is 79.9. The van der Waals surface area contributed by atoms with Crippen molar-refractivity contribution in [1.82, 2.24) is 0 Å². The highest BCUT2D eigenvalue weighted by molar-refractivity contribution is 9.11. The minimum absolute atomic E-state index is 0.137. The molecule has 1 aromatic rings. The van der Waals surface area contributed by atoms with Crippen LogP contribution in [0.3, 0.4) is 0 Å². The third kappa shape index (κ3) is 3.70. The molecule has 1 saturated carbocycles. The Morgan fingerprint density at radius 2 is 1.95 bits per heavy atom. The third-order valence-electron chi connectivity index (χ3n) is 3.01. The summed E-state index contributed by atoms with van der Waals surface area (Å²) in [6.45, 7) is 0.962. The predicted molar refractivity (Wildman–Crippen MR) is 78.5 cm³/mol. The van der Waals surface area contributed by atoms with Crippen LogP contribution in [-0.2, 0) is 9.47 Å². The Morgan fingerprint density at radius 3 is 2.53 bits per heavy atom. The number of halogens is 2. The monoisotopic (exact) mass is 394 g/mol. The second kappa shape index (κ2) is 7.04. The third-order valence-corrected chi connectivity index (χ3v) is 4.25. The fraction of sp³-hybridized carbons (Fsp3) is 0.538. The minimum Gasteiger partial charge on any atom is -0.485 e. The molecule has 0 bridgehead atoms. The van der Waals surface area contributed by atoms with Gasteiger partial charge in [-0.05, 0) is 44.0 Å². The zero-order chi connectivity index (χ0) is 13.8. The van der Waals surface area contributed by atoms with E-state index in [0.29, 0.717) is 19.6 Å². The number of rotatable bonds is 6. The van der Waals surface area contributed by atoms with E-state index in [0.717, 1.165) is 14.7 Å². The number of para-hydroxylation sites is 1. The summed E-state index contributed by atoms with van der Waals surface area (Å²) in [5.41, 5.74) is 0. The van der Waals surface area contributed by atoms with Crippen LogP contribution in [0.15, 0.2) is 27.1 Å². The van der Waals surface area contributed by atoms with Gasteiger partial charge in [-0.3, -0.25) is 0 Å². The topological polar surface area (TPSA) is 47.9 Å². The first-order chi connectivity index (χ1) is 9.13. The fourth-order valence-corrected chi connectivity index (χ4v) is 3.09. The largest absolute Gasteiger partial charge is 0.485 e. The maximum absolute atomic E-state index is 9.72. The predicted octanol–water partition coefficient (Wildman–Crippen LogP) is 2.76. The SMILES string of the molecule is COCCOC1C(O)CC1Oc1c(Br)cccc1Br. The Kier molecular flexibility index (Phi) is 5.65. The van der Waals surface area contributed by atoms with Crippen LogP contribution in [-0.4, -0.2) is 43.7 Å². The van der Waals surface area contributed by atoms with Gasteiger partial charge in [0.15, 0.2) is 0 Å². The molecule has 1 aromatic carbocycles. The summed E-state index contributed by atoms with van der Waals surface area (Å²) in [6, 6.07) is 5.75. The molecule has 3 atom stereocenters. The number of methoxy groups -OCH3 is 1. The van der Waals surface area contributed by atoms with Crippen molar-refractivity contribution in [3.05, 3.63) is 27.1 Å².